The normalized spacial score (nSPS) is 12.8. The maximum atomic E-state index is 9.84. The zero-order valence-corrected chi connectivity index (χ0v) is 9.30. The molecular weight excluding hydrogens is 196 g/mol. The largest absolute Gasteiger partial charge is 0.388 e. The topological polar surface area (TPSA) is 20.2 Å². The molecule has 0 heterocycles. The highest BCUT2D eigenvalue weighted by molar-refractivity contribution is 6.31. The molecule has 1 atom stereocenters. The summed E-state index contributed by atoms with van der Waals surface area (Å²) >= 11 is 5.97. The molecule has 1 unspecified atom stereocenters. The van der Waals surface area contributed by atoms with Gasteiger partial charge in [0.05, 0.1) is 6.10 Å². The number of aliphatic hydroxyl groups excluding tert-OH is 1. The number of halogens is 1. The molecule has 0 saturated heterocycles. The standard InChI is InChI=1S/C12H17ClO/c1-2-3-4-9-12(14)10-7-5-6-8-11(10)13/h5-8,12,14H,2-4,9H2,1H3. The second-order valence-corrected chi connectivity index (χ2v) is 3.94. The van der Waals surface area contributed by atoms with Crippen molar-refractivity contribution in [2.75, 3.05) is 0 Å². The number of hydrogen-bond donors (Lipinski definition) is 1. The molecule has 0 aliphatic rings. The van der Waals surface area contributed by atoms with Crippen molar-refractivity contribution in [1.29, 1.82) is 0 Å². The van der Waals surface area contributed by atoms with Crippen LogP contribution in [0.3, 0.4) is 0 Å². The lowest BCUT2D eigenvalue weighted by molar-refractivity contribution is 0.163. The third-order valence-corrected chi connectivity index (χ3v) is 2.69. The summed E-state index contributed by atoms with van der Waals surface area (Å²) in [6, 6.07) is 7.49. The maximum absolute atomic E-state index is 9.84. The van der Waals surface area contributed by atoms with Gasteiger partial charge in [0.2, 0.25) is 0 Å². The van der Waals surface area contributed by atoms with E-state index < -0.39 is 6.10 Å². The Kier molecular flexibility index (Phi) is 4.99. The van der Waals surface area contributed by atoms with Crippen molar-refractivity contribution in [3.8, 4) is 0 Å². The number of rotatable bonds is 5. The molecule has 1 aromatic carbocycles. The van der Waals surface area contributed by atoms with Gasteiger partial charge in [-0.25, -0.2) is 0 Å². The third-order valence-electron chi connectivity index (χ3n) is 2.35. The molecule has 0 radical (unpaired) electrons. The van der Waals surface area contributed by atoms with Gasteiger partial charge in [-0.3, -0.25) is 0 Å². The minimum absolute atomic E-state index is 0.407. The predicted molar refractivity (Wildman–Crippen MR) is 60.6 cm³/mol. The van der Waals surface area contributed by atoms with E-state index in [9.17, 15) is 5.11 Å². The Hall–Kier alpha value is -0.530. The first-order valence-corrected chi connectivity index (χ1v) is 5.56. The molecule has 78 valence electrons. The van der Waals surface area contributed by atoms with E-state index in [0.29, 0.717) is 5.02 Å². The van der Waals surface area contributed by atoms with E-state index in [-0.39, 0.29) is 0 Å². The molecule has 1 nitrogen and oxygen atoms in total. The van der Waals surface area contributed by atoms with Gasteiger partial charge in [-0.05, 0) is 18.1 Å². The highest BCUT2D eigenvalue weighted by atomic mass is 35.5. The number of unbranched alkanes of at least 4 members (excludes halogenated alkanes) is 2. The monoisotopic (exact) mass is 212 g/mol. The van der Waals surface area contributed by atoms with E-state index in [0.717, 1.165) is 18.4 Å². The predicted octanol–water partition coefficient (Wildman–Crippen LogP) is 3.95. The number of benzene rings is 1. The summed E-state index contributed by atoms with van der Waals surface area (Å²) in [5.74, 6) is 0. The van der Waals surface area contributed by atoms with Gasteiger partial charge >= 0.3 is 0 Å². The lowest BCUT2D eigenvalue weighted by Crippen LogP contribution is -1.97. The third kappa shape index (κ3) is 3.32. The second kappa shape index (κ2) is 6.05. The zero-order chi connectivity index (χ0) is 10.4. The number of aliphatic hydroxyl groups is 1. The van der Waals surface area contributed by atoms with E-state index in [1.54, 1.807) is 0 Å². The summed E-state index contributed by atoms with van der Waals surface area (Å²) in [4.78, 5) is 0. The van der Waals surface area contributed by atoms with Crippen molar-refractivity contribution in [3.63, 3.8) is 0 Å². The van der Waals surface area contributed by atoms with Gasteiger partial charge in [0.25, 0.3) is 0 Å². The van der Waals surface area contributed by atoms with Crippen molar-refractivity contribution in [1.82, 2.24) is 0 Å². The summed E-state index contributed by atoms with van der Waals surface area (Å²) < 4.78 is 0. The molecule has 2 heteroatoms. The van der Waals surface area contributed by atoms with Gasteiger partial charge in [-0.15, -0.1) is 0 Å². The van der Waals surface area contributed by atoms with Crippen molar-refractivity contribution < 1.29 is 5.11 Å². The Morgan fingerprint density at radius 3 is 2.64 bits per heavy atom. The molecule has 0 aromatic heterocycles. The van der Waals surface area contributed by atoms with Crippen LogP contribution in [0.1, 0.15) is 44.3 Å². The SMILES string of the molecule is CCCCCC(O)c1ccccc1Cl. The van der Waals surface area contributed by atoms with Gasteiger partial charge in [-0.2, -0.15) is 0 Å². The van der Waals surface area contributed by atoms with Crippen LogP contribution in [0.4, 0.5) is 0 Å². The molecule has 0 fully saturated rings. The Morgan fingerprint density at radius 2 is 2.00 bits per heavy atom. The molecule has 1 aromatic rings. The Labute approximate surface area is 90.7 Å². The molecule has 1 rings (SSSR count). The minimum Gasteiger partial charge on any atom is -0.388 e. The first kappa shape index (κ1) is 11.5. The van der Waals surface area contributed by atoms with E-state index in [1.165, 1.54) is 12.8 Å². The lowest BCUT2D eigenvalue weighted by atomic mass is 10.0. The van der Waals surface area contributed by atoms with Crippen molar-refractivity contribution in [2.45, 2.75) is 38.7 Å². The van der Waals surface area contributed by atoms with Crippen LogP contribution in [0.2, 0.25) is 5.02 Å². The average Bonchev–Trinajstić information content (AvgIpc) is 2.18. The van der Waals surface area contributed by atoms with Crippen LogP contribution in [0.15, 0.2) is 24.3 Å². The van der Waals surface area contributed by atoms with Crippen LogP contribution in [-0.4, -0.2) is 5.11 Å². The fourth-order valence-electron chi connectivity index (χ4n) is 1.49. The second-order valence-electron chi connectivity index (χ2n) is 3.53. The average molecular weight is 213 g/mol. The molecule has 0 aliphatic heterocycles. The molecule has 1 N–H and O–H groups in total. The Morgan fingerprint density at radius 1 is 1.29 bits per heavy atom. The van der Waals surface area contributed by atoms with E-state index >= 15 is 0 Å². The van der Waals surface area contributed by atoms with Gasteiger partial charge in [0.15, 0.2) is 0 Å². The summed E-state index contributed by atoms with van der Waals surface area (Å²) in [5.41, 5.74) is 0.852. The fourth-order valence-corrected chi connectivity index (χ4v) is 1.75. The van der Waals surface area contributed by atoms with Crippen LogP contribution in [-0.2, 0) is 0 Å². The first-order chi connectivity index (χ1) is 6.75. The minimum atomic E-state index is -0.407. The molecule has 0 spiro atoms. The zero-order valence-electron chi connectivity index (χ0n) is 8.54. The highest BCUT2D eigenvalue weighted by Gasteiger charge is 2.09. The van der Waals surface area contributed by atoms with E-state index in [2.05, 4.69) is 6.92 Å². The Balaban J connectivity index is 2.51. The summed E-state index contributed by atoms with van der Waals surface area (Å²) in [6.45, 7) is 2.15. The highest BCUT2D eigenvalue weighted by Crippen LogP contribution is 2.26. The Bertz CT molecular complexity index is 273. The summed E-state index contributed by atoms with van der Waals surface area (Å²) in [6.07, 6.45) is 3.80. The van der Waals surface area contributed by atoms with Crippen LogP contribution in [0, 0.1) is 0 Å². The van der Waals surface area contributed by atoms with Gasteiger partial charge < -0.3 is 5.11 Å². The molecule has 0 aliphatic carbocycles. The van der Waals surface area contributed by atoms with Gasteiger partial charge in [0, 0.05) is 5.02 Å². The molecular formula is C12H17ClO. The van der Waals surface area contributed by atoms with Crippen molar-refractivity contribution >= 4 is 11.6 Å². The molecule has 0 saturated carbocycles. The van der Waals surface area contributed by atoms with Crippen molar-refractivity contribution in [3.05, 3.63) is 34.9 Å². The van der Waals surface area contributed by atoms with Crippen LogP contribution in [0.25, 0.3) is 0 Å². The van der Waals surface area contributed by atoms with Crippen molar-refractivity contribution in [2.24, 2.45) is 0 Å². The fraction of sp³-hybridized carbons (Fsp3) is 0.500. The first-order valence-electron chi connectivity index (χ1n) is 5.18. The van der Waals surface area contributed by atoms with Gasteiger partial charge in [-0.1, -0.05) is 56.0 Å². The van der Waals surface area contributed by atoms with Crippen LogP contribution >= 0.6 is 11.6 Å². The smallest absolute Gasteiger partial charge is 0.0804 e. The number of hydrogen-bond acceptors (Lipinski definition) is 1. The van der Waals surface area contributed by atoms with E-state index in [1.807, 2.05) is 24.3 Å². The molecule has 0 bridgehead atoms. The maximum Gasteiger partial charge on any atom is 0.0804 e. The quantitative estimate of drug-likeness (QED) is 0.733. The van der Waals surface area contributed by atoms with Gasteiger partial charge in [0.1, 0.15) is 0 Å². The molecule has 0 amide bonds. The summed E-state index contributed by atoms with van der Waals surface area (Å²) in [7, 11) is 0. The molecule has 14 heavy (non-hydrogen) atoms. The summed E-state index contributed by atoms with van der Waals surface area (Å²) in [5, 5.41) is 10.5. The van der Waals surface area contributed by atoms with E-state index in [4.69, 9.17) is 11.6 Å². The lowest BCUT2D eigenvalue weighted by Gasteiger charge is -2.11. The van der Waals surface area contributed by atoms with Crippen LogP contribution in [0.5, 0.6) is 0 Å². The van der Waals surface area contributed by atoms with Crippen LogP contribution < -0.4 is 0 Å².